The highest BCUT2D eigenvalue weighted by molar-refractivity contribution is 6.12. The summed E-state index contributed by atoms with van der Waals surface area (Å²) in [5.74, 6) is -0.899. The van der Waals surface area contributed by atoms with E-state index in [-0.39, 0.29) is 0 Å². The van der Waals surface area contributed by atoms with Crippen molar-refractivity contribution in [1.29, 1.82) is 0 Å². The van der Waals surface area contributed by atoms with E-state index in [1.165, 1.54) is 11.1 Å². The number of pyridine rings is 1. The summed E-state index contributed by atoms with van der Waals surface area (Å²) in [6.45, 7) is 4.16. The summed E-state index contributed by atoms with van der Waals surface area (Å²) in [5, 5.41) is 11.4. The summed E-state index contributed by atoms with van der Waals surface area (Å²) < 4.78 is 2.06. The lowest BCUT2D eigenvalue weighted by Crippen LogP contribution is -2.31. The number of rotatable bonds is 2. The third kappa shape index (κ3) is 2.44. The van der Waals surface area contributed by atoms with Gasteiger partial charge in [0.2, 0.25) is 11.0 Å². The van der Waals surface area contributed by atoms with E-state index in [1.807, 2.05) is 43.4 Å². The van der Waals surface area contributed by atoms with E-state index in [4.69, 9.17) is 0 Å². The molecule has 128 valence electrons. The largest absolute Gasteiger partial charge is 0.478 e. The van der Waals surface area contributed by atoms with E-state index in [1.54, 1.807) is 0 Å². The zero-order valence-electron chi connectivity index (χ0n) is 15.1. The van der Waals surface area contributed by atoms with Gasteiger partial charge in [0.05, 0.1) is 16.3 Å². The Morgan fingerprint density at radius 3 is 2.35 bits per heavy atom. The lowest BCUT2D eigenvalue weighted by atomic mass is 9.95. The van der Waals surface area contributed by atoms with Gasteiger partial charge in [0.25, 0.3) is 0 Å². The second-order valence-corrected chi connectivity index (χ2v) is 6.81. The topological polar surface area (TPSA) is 41.2 Å². The molecule has 0 amide bonds. The number of carboxylic acid groups (broad SMARTS) is 1. The second-order valence-electron chi connectivity index (χ2n) is 6.81. The number of benzene rings is 3. The van der Waals surface area contributed by atoms with Gasteiger partial charge in [0.1, 0.15) is 7.05 Å². The van der Waals surface area contributed by atoms with Crippen LogP contribution in [-0.4, -0.2) is 11.1 Å². The van der Waals surface area contributed by atoms with E-state index in [0.29, 0.717) is 5.56 Å². The number of nitrogens with zero attached hydrogens (tertiary/aromatic N) is 1. The van der Waals surface area contributed by atoms with Crippen LogP contribution in [0.15, 0.2) is 60.7 Å². The van der Waals surface area contributed by atoms with E-state index < -0.39 is 5.97 Å². The molecule has 0 aliphatic rings. The molecule has 0 radical (unpaired) electrons. The fourth-order valence-electron chi connectivity index (χ4n) is 3.82. The summed E-state index contributed by atoms with van der Waals surface area (Å²) in [5.41, 5.74) is 6.76. The van der Waals surface area contributed by atoms with Crippen molar-refractivity contribution >= 4 is 27.8 Å². The molecule has 0 unspecified atom stereocenters. The Kier molecular flexibility index (Phi) is 3.73. The molecule has 4 aromatic rings. The van der Waals surface area contributed by atoms with Gasteiger partial charge in [-0.15, -0.1) is 0 Å². The Hall–Kier alpha value is -3.20. The zero-order valence-corrected chi connectivity index (χ0v) is 15.1. The Balaban J connectivity index is 2.11. The number of aromatic carboxylic acids is 1. The molecule has 0 bridgehead atoms. The monoisotopic (exact) mass is 342 g/mol. The summed E-state index contributed by atoms with van der Waals surface area (Å²) in [7, 11) is 1.98. The van der Waals surface area contributed by atoms with Crippen molar-refractivity contribution in [2.24, 2.45) is 7.05 Å². The third-order valence-corrected chi connectivity index (χ3v) is 5.07. The highest BCUT2D eigenvalue weighted by atomic mass is 16.4. The summed E-state index contributed by atoms with van der Waals surface area (Å²) in [4.78, 5) is 12.1. The van der Waals surface area contributed by atoms with Gasteiger partial charge in [-0.2, -0.15) is 4.57 Å². The number of hydrogen-bond acceptors (Lipinski definition) is 1. The molecule has 0 saturated carbocycles. The Labute approximate surface area is 152 Å². The molecule has 3 aromatic carbocycles. The average Bonchev–Trinajstić information content (AvgIpc) is 2.61. The van der Waals surface area contributed by atoms with Crippen LogP contribution >= 0.6 is 0 Å². The zero-order chi connectivity index (χ0) is 18.4. The van der Waals surface area contributed by atoms with Gasteiger partial charge in [-0.05, 0) is 48.7 Å². The van der Waals surface area contributed by atoms with Gasteiger partial charge in [-0.1, -0.05) is 35.9 Å². The van der Waals surface area contributed by atoms with Crippen molar-refractivity contribution in [1.82, 2.24) is 0 Å². The van der Waals surface area contributed by atoms with Crippen molar-refractivity contribution in [3.8, 4) is 11.1 Å². The normalized spacial score (nSPS) is 11.2. The number of carbonyl (C=O) groups is 1. The second kappa shape index (κ2) is 5.95. The molecule has 1 aromatic heterocycles. The Bertz CT molecular complexity index is 1190. The molecular formula is C23H20NO2+. The van der Waals surface area contributed by atoms with Crippen LogP contribution in [0.5, 0.6) is 0 Å². The minimum absolute atomic E-state index is 0.361. The molecule has 1 N–H and O–H groups in total. The molecule has 0 atom stereocenters. The first kappa shape index (κ1) is 16.3. The molecule has 3 heteroatoms. The van der Waals surface area contributed by atoms with E-state index in [2.05, 4.69) is 42.7 Å². The first-order valence-corrected chi connectivity index (χ1v) is 8.63. The summed E-state index contributed by atoms with van der Waals surface area (Å²) >= 11 is 0. The maximum Gasteiger partial charge on any atom is 0.337 e. The molecular weight excluding hydrogens is 322 g/mol. The minimum Gasteiger partial charge on any atom is -0.478 e. The predicted molar refractivity (Wildman–Crippen MR) is 104 cm³/mol. The fraction of sp³-hybridized carbons (Fsp3) is 0.130. The molecule has 1 heterocycles. The third-order valence-electron chi connectivity index (χ3n) is 5.07. The van der Waals surface area contributed by atoms with Crippen molar-refractivity contribution in [3.63, 3.8) is 0 Å². The molecule has 4 rings (SSSR count). The average molecular weight is 342 g/mol. The van der Waals surface area contributed by atoms with Crippen molar-refractivity contribution in [2.75, 3.05) is 0 Å². The summed E-state index contributed by atoms with van der Waals surface area (Å²) in [6, 6.07) is 20.1. The fourth-order valence-corrected chi connectivity index (χ4v) is 3.82. The number of aryl methyl sites for hydroxylation is 3. The van der Waals surface area contributed by atoms with Crippen LogP contribution in [0.25, 0.3) is 32.9 Å². The van der Waals surface area contributed by atoms with Gasteiger partial charge in [-0.25, -0.2) is 4.79 Å². The number of hydrogen-bond donors (Lipinski definition) is 1. The first-order chi connectivity index (χ1) is 12.5. The lowest BCUT2D eigenvalue weighted by Gasteiger charge is -2.11. The number of fused-ring (bicyclic) bond motifs is 2. The van der Waals surface area contributed by atoms with Crippen LogP contribution in [-0.2, 0) is 7.05 Å². The van der Waals surface area contributed by atoms with E-state index >= 15 is 0 Å². The molecule has 0 fully saturated rings. The van der Waals surface area contributed by atoms with E-state index in [9.17, 15) is 9.90 Å². The van der Waals surface area contributed by atoms with Gasteiger partial charge in [0, 0.05) is 12.1 Å². The molecule has 0 spiro atoms. The van der Waals surface area contributed by atoms with Gasteiger partial charge >= 0.3 is 5.97 Å². The maximum atomic E-state index is 12.1. The summed E-state index contributed by atoms with van der Waals surface area (Å²) in [6.07, 6.45) is 0. The Morgan fingerprint density at radius 1 is 0.885 bits per heavy atom. The SMILES string of the molecule is Cc1ccc(-c2ccc3c(c2)c(C(=O)O)c2ccccc2[n+]3C)c(C)c1. The number of aromatic nitrogens is 1. The molecule has 0 saturated heterocycles. The number of para-hydroxylation sites is 1. The van der Waals surface area contributed by atoms with Crippen LogP contribution in [0.3, 0.4) is 0 Å². The first-order valence-electron chi connectivity index (χ1n) is 8.63. The van der Waals surface area contributed by atoms with Gasteiger partial charge < -0.3 is 5.11 Å². The van der Waals surface area contributed by atoms with Crippen LogP contribution in [0.1, 0.15) is 21.5 Å². The predicted octanol–water partition coefficient (Wildman–Crippen LogP) is 4.80. The number of carboxylic acids is 1. The molecule has 0 aliphatic heterocycles. The van der Waals surface area contributed by atoms with Crippen molar-refractivity contribution in [2.45, 2.75) is 13.8 Å². The van der Waals surface area contributed by atoms with Gasteiger partial charge in [0.15, 0.2) is 0 Å². The lowest BCUT2D eigenvalue weighted by molar-refractivity contribution is -0.617. The van der Waals surface area contributed by atoms with Gasteiger partial charge in [-0.3, -0.25) is 0 Å². The molecule has 0 aliphatic carbocycles. The smallest absolute Gasteiger partial charge is 0.337 e. The highest BCUT2D eigenvalue weighted by Crippen LogP contribution is 2.31. The minimum atomic E-state index is -0.899. The van der Waals surface area contributed by atoms with E-state index in [0.717, 1.165) is 32.9 Å². The maximum absolute atomic E-state index is 12.1. The van der Waals surface area contributed by atoms with Crippen LogP contribution < -0.4 is 4.57 Å². The highest BCUT2D eigenvalue weighted by Gasteiger charge is 2.22. The molecule has 26 heavy (non-hydrogen) atoms. The standard InChI is InChI=1S/C23H19NO2/c1-14-8-10-17(15(2)12-14)16-9-11-21-19(13-16)22(23(25)26)18-6-4-5-7-20(18)24(21)3/h4-13H,1-3H3/p+1. The van der Waals surface area contributed by atoms with Crippen LogP contribution in [0, 0.1) is 13.8 Å². The van der Waals surface area contributed by atoms with Crippen molar-refractivity contribution < 1.29 is 14.5 Å². The van der Waals surface area contributed by atoms with Crippen LogP contribution in [0.4, 0.5) is 0 Å². The quantitative estimate of drug-likeness (QED) is 0.420. The molecule has 3 nitrogen and oxygen atoms in total. The Morgan fingerprint density at radius 2 is 1.62 bits per heavy atom. The van der Waals surface area contributed by atoms with Crippen molar-refractivity contribution in [3.05, 3.63) is 77.4 Å². The van der Waals surface area contributed by atoms with Crippen LogP contribution in [0.2, 0.25) is 0 Å².